The Hall–Kier alpha value is -1.86. The fourth-order valence-electron chi connectivity index (χ4n) is 2.10. The van der Waals surface area contributed by atoms with Gasteiger partial charge in [0.25, 0.3) is 0 Å². The Bertz CT molecular complexity index is 658. The van der Waals surface area contributed by atoms with Crippen LogP contribution in [0.3, 0.4) is 0 Å². The van der Waals surface area contributed by atoms with Crippen LogP contribution in [0.25, 0.3) is 0 Å². The van der Waals surface area contributed by atoms with E-state index in [9.17, 15) is 4.79 Å². The highest BCUT2D eigenvalue weighted by atomic mass is 32.2. The highest BCUT2D eigenvalue weighted by Gasteiger charge is 2.28. The van der Waals surface area contributed by atoms with E-state index in [0.29, 0.717) is 11.4 Å². The number of anilines is 1. The molecule has 20 heavy (non-hydrogen) atoms. The number of hydrogen-bond acceptors (Lipinski definition) is 4. The van der Waals surface area contributed by atoms with Gasteiger partial charge in [0.05, 0.1) is 17.0 Å². The van der Waals surface area contributed by atoms with E-state index in [0.717, 1.165) is 11.3 Å². The van der Waals surface area contributed by atoms with Crippen molar-refractivity contribution >= 4 is 40.7 Å². The van der Waals surface area contributed by atoms with Crippen molar-refractivity contribution in [2.45, 2.75) is 16.6 Å². The molecule has 0 radical (unpaired) electrons. The summed E-state index contributed by atoms with van der Waals surface area (Å²) in [7, 11) is 0. The molecule has 0 fully saturated rings. The molecule has 4 N–H and O–H groups in total. The first kappa shape index (κ1) is 13.1. The largest absolute Gasteiger partial charge is 0.389 e. The molecule has 1 aromatic heterocycles. The summed E-state index contributed by atoms with van der Waals surface area (Å²) in [4.78, 5) is 13.7. The minimum absolute atomic E-state index is 0.0760. The lowest BCUT2D eigenvalue weighted by molar-refractivity contribution is -0.115. The van der Waals surface area contributed by atoms with Crippen molar-refractivity contribution in [1.29, 1.82) is 0 Å². The second kappa shape index (κ2) is 5.26. The first-order valence-electron chi connectivity index (χ1n) is 6.04. The number of rotatable bonds is 3. The number of carbonyl (C=O) groups is 1. The maximum absolute atomic E-state index is 12.3. The summed E-state index contributed by atoms with van der Waals surface area (Å²) in [5.74, 6) is 0.381. The van der Waals surface area contributed by atoms with Crippen molar-refractivity contribution in [3.8, 4) is 0 Å². The molecule has 0 saturated carbocycles. The summed E-state index contributed by atoms with van der Waals surface area (Å²) in [6, 6.07) is 8.04. The van der Waals surface area contributed by atoms with Crippen LogP contribution in [-0.2, 0) is 11.2 Å². The number of nitrogens with one attached hydrogen (secondary N) is 2. The second-order valence-electron chi connectivity index (χ2n) is 4.43. The van der Waals surface area contributed by atoms with Gasteiger partial charge < -0.3 is 11.1 Å². The van der Waals surface area contributed by atoms with Crippen molar-refractivity contribution in [3.63, 3.8) is 0 Å². The van der Waals surface area contributed by atoms with Crippen LogP contribution in [0, 0.1) is 0 Å². The number of aromatic amines is 1. The zero-order chi connectivity index (χ0) is 14.1. The number of fused-ring (bicyclic) bond motifs is 1. The molecule has 0 spiro atoms. The SMILES string of the molecule is NC(=S)c1cn[nH]c1NC(=O)C1Cc2ccccc2S1. The zero-order valence-electron chi connectivity index (χ0n) is 10.4. The number of benzene rings is 1. The second-order valence-corrected chi connectivity index (χ2v) is 6.11. The molecule has 1 aliphatic rings. The highest BCUT2D eigenvalue weighted by molar-refractivity contribution is 8.01. The van der Waals surface area contributed by atoms with Gasteiger partial charge in [-0.05, 0) is 18.1 Å². The van der Waals surface area contributed by atoms with Crippen LogP contribution in [0.4, 0.5) is 5.82 Å². The Kier molecular flexibility index (Phi) is 3.45. The van der Waals surface area contributed by atoms with Gasteiger partial charge in [0.1, 0.15) is 10.8 Å². The lowest BCUT2D eigenvalue weighted by atomic mass is 10.1. The lowest BCUT2D eigenvalue weighted by Gasteiger charge is -2.09. The standard InChI is InChI=1S/C13H12N4OS2/c14-11(19)8-6-15-17-12(8)16-13(18)10-5-7-3-1-2-4-9(7)20-10/h1-4,6,10H,5H2,(H2,14,19)(H2,15,16,17,18). The summed E-state index contributed by atoms with van der Waals surface area (Å²) in [6.45, 7) is 0. The number of nitrogens with two attached hydrogens (primary N) is 1. The number of thioether (sulfide) groups is 1. The van der Waals surface area contributed by atoms with Gasteiger partial charge in [0, 0.05) is 4.90 Å². The van der Waals surface area contributed by atoms with Gasteiger partial charge in [-0.1, -0.05) is 30.4 Å². The quantitative estimate of drug-likeness (QED) is 0.752. The van der Waals surface area contributed by atoms with Crippen molar-refractivity contribution in [2.24, 2.45) is 5.73 Å². The molecule has 2 aromatic rings. The lowest BCUT2D eigenvalue weighted by Crippen LogP contribution is -2.26. The van der Waals surface area contributed by atoms with Crippen molar-refractivity contribution in [2.75, 3.05) is 5.32 Å². The molecule has 7 heteroatoms. The molecule has 102 valence electrons. The van der Waals surface area contributed by atoms with Gasteiger partial charge in [-0.2, -0.15) is 5.10 Å². The molecule has 0 bridgehead atoms. The predicted octanol–water partition coefficient (Wildman–Crippen LogP) is 1.70. The maximum atomic E-state index is 12.3. The average molecular weight is 304 g/mol. The average Bonchev–Trinajstić information content (AvgIpc) is 3.03. The smallest absolute Gasteiger partial charge is 0.239 e. The summed E-state index contributed by atoms with van der Waals surface area (Å²) >= 11 is 6.48. The molecule has 1 aliphatic heterocycles. The van der Waals surface area contributed by atoms with Crippen LogP contribution in [0.5, 0.6) is 0 Å². The molecule has 1 atom stereocenters. The first-order chi connectivity index (χ1) is 9.65. The van der Waals surface area contributed by atoms with Gasteiger partial charge in [0.15, 0.2) is 0 Å². The molecule has 3 rings (SSSR count). The van der Waals surface area contributed by atoms with Crippen LogP contribution < -0.4 is 11.1 Å². The van der Waals surface area contributed by atoms with E-state index in [-0.39, 0.29) is 16.1 Å². The number of H-pyrrole nitrogens is 1. The third-order valence-electron chi connectivity index (χ3n) is 3.09. The molecule has 0 saturated heterocycles. The number of carbonyl (C=O) groups excluding carboxylic acids is 1. The van der Waals surface area contributed by atoms with Gasteiger partial charge in [0.2, 0.25) is 5.91 Å². The highest BCUT2D eigenvalue weighted by Crippen LogP contribution is 2.37. The normalized spacial score (nSPS) is 16.7. The maximum Gasteiger partial charge on any atom is 0.239 e. The van der Waals surface area contributed by atoms with Gasteiger partial charge in [-0.3, -0.25) is 9.89 Å². The Balaban J connectivity index is 1.73. The zero-order valence-corrected chi connectivity index (χ0v) is 12.1. The van der Waals surface area contributed by atoms with Gasteiger partial charge in [-0.15, -0.1) is 11.8 Å². The van der Waals surface area contributed by atoms with Crippen LogP contribution in [-0.4, -0.2) is 26.3 Å². The Labute approximate surface area is 125 Å². The number of hydrogen-bond donors (Lipinski definition) is 3. The van der Waals surface area contributed by atoms with Crippen molar-refractivity contribution < 1.29 is 4.79 Å². The van der Waals surface area contributed by atoms with E-state index in [4.69, 9.17) is 18.0 Å². The van der Waals surface area contributed by atoms with Crippen LogP contribution in [0.15, 0.2) is 35.4 Å². The van der Waals surface area contributed by atoms with Gasteiger partial charge in [-0.25, -0.2) is 0 Å². The fourth-order valence-corrected chi connectivity index (χ4v) is 3.45. The van der Waals surface area contributed by atoms with E-state index in [2.05, 4.69) is 15.5 Å². The predicted molar refractivity (Wildman–Crippen MR) is 82.9 cm³/mol. The minimum Gasteiger partial charge on any atom is -0.389 e. The number of thiocarbonyl (C=S) groups is 1. The Morgan fingerprint density at radius 3 is 3.05 bits per heavy atom. The van der Waals surface area contributed by atoms with E-state index < -0.39 is 0 Å². The van der Waals surface area contributed by atoms with E-state index in [1.807, 2.05) is 24.3 Å². The van der Waals surface area contributed by atoms with Crippen molar-refractivity contribution in [3.05, 3.63) is 41.6 Å². The number of aromatic nitrogens is 2. The Morgan fingerprint density at radius 1 is 1.50 bits per heavy atom. The van der Waals surface area contributed by atoms with E-state index in [1.165, 1.54) is 11.8 Å². The molecule has 0 aliphatic carbocycles. The van der Waals surface area contributed by atoms with Crippen LogP contribution >= 0.6 is 24.0 Å². The van der Waals surface area contributed by atoms with Gasteiger partial charge >= 0.3 is 0 Å². The van der Waals surface area contributed by atoms with Crippen LogP contribution in [0.1, 0.15) is 11.1 Å². The van der Waals surface area contributed by atoms with E-state index >= 15 is 0 Å². The summed E-state index contributed by atoms with van der Waals surface area (Å²) in [6.07, 6.45) is 2.23. The topological polar surface area (TPSA) is 83.8 Å². The monoisotopic (exact) mass is 304 g/mol. The van der Waals surface area contributed by atoms with Crippen molar-refractivity contribution in [1.82, 2.24) is 10.2 Å². The fraction of sp³-hybridized carbons (Fsp3) is 0.154. The number of nitrogens with zero attached hydrogens (tertiary/aromatic N) is 1. The first-order valence-corrected chi connectivity index (χ1v) is 7.32. The third-order valence-corrected chi connectivity index (χ3v) is 4.63. The molecule has 2 heterocycles. The molecular formula is C13H12N4OS2. The minimum atomic E-state index is -0.144. The molecular weight excluding hydrogens is 292 g/mol. The third kappa shape index (κ3) is 2.41. The van der Waals surface area contributed by atoms with Crippen LogP contribution in [0.2, 0.25) is 0 Å². The van der Waals surface area contributed by atoms with E-state index in [1.54, 1.807) is 11.8 Å². The molecule has 5 nitrogen and oxygen atoms in total. The number of amides is 1. The molecule has 1 unspecified atom stereocenters. The Morgan fingerprint density at radius 2 is 2.30 bits per heavy atom. The summed E-state index contributed by atoms with van der Waals surface area (Å²) in [5.41, 5.74) is 7.33. The summed E-state index contributed by atoms with van der Waals surface area (Å²) < 4.78 is 0. The molecule has 1 aromatic carbocycles. The summed E-state index contributed by atoms with van der Waals surface area (Å²) in [5, 5.41) is 9.21. The molecule has 1 amide bonds.